The van der Waals surface area contributed by atoms with Gasteiger partial charge in [0.25, 0.3) is 0 Å². The molecule has 1 aliphatic rings. The van der Waals surface area contributed by atoms with Crippen LogP contribution in [0.15, 0.2) is 17.6 Å². The van der Waals surface area contributed by atoms with Crippen LogP contribution in [0, 0.1) is 5.41 Å². The van der Waals surface area contributed by atoms with Crippen molar-refractivity contribution < 1.29 is 9.53 Å². The fourth-order valence-electron chi connectivity index (χ4n) is 2.50. The zero-order chi connectivity index (χ0) is 17.0. The average Bonchev–Trinajstić information content (AvgIpc) is 2.47. The van der Waals surface area contributed by atoms with Crippen molar-refractivity contribution in [2.24, 2.45) is 10.4 Å². The van der Waals surface area contributed by atoms with Gasteiger partial charge in [0.15, 0.2) is 5.96 Å². The second-order valence-electron chi connectivity index (χ2n) is 6.68. The molecule has 1 aliphatic carbocycles. The van der Waals surface area contributed by atoms with E-state index >= 15 is 0 Å². The van der Waals surface area contributed by atoms with E-state index in [9.17, 15) is 4.79 Å². The average molecular weight is 438 g/mol. The quantitative estimate of drug-likeness (QED) is 0.286. The predicted molar refractivity (Wildman–Crippen MR) is 105 cm³/mol. The number of nitrogens with zero attached hydrogens (tertiary/aromatic N) is 2. The summed E-state index contributed by atoms with van der Waals surface area (Å²) in [5, 5.41) is 6.56. The van der Waals surface area contributed by atoms with Gasteiger partial charge in [0.2, 0.25) is 5.91 Å². The number of carbonyl (C=O) groups is 1. The van der Waals surface area contributed by atoms with Gasteiger partial charge in [-0.05, 0) is 13.3 Å². The van der Waals surface area contributed by atoms with Crippen molar-refractivity contribution in [1.29, 1.82) is 0 Å². The van der Waals surface area contributed by atoms with Crippen LogP contribution in [0.5, 0.6) is 0 Å². The van der Waals surface area contributed by atoms with Gasteiger partial charge in [-0.2, -0.15) is 0 Å². The minimum Gasteiger partial charge on any atom is -0.378 e. The molecule has 7 heteroatoms. The number of nitrogens with one attached hydrogen (secondary N) is 2. The van der Waals surface area contributed by atoms with Crippen molar-refractivity contribution in [2.45, 2.75) is 38.8 Å². The van der Waals surface area contributed by atoms with Crippen LogP contribution in [0.25, 0.3) is 0 Å². The Morgan fingerprint density at radius 3 is 2.48 bits per heavy atom. The number of methoxy groups -OCH3 is 1. The zero-order valence-corrected chi connectivity index (χ0v) is 17.4. The van der Waals surface area contributed by atoms with E-state index in [1.807, 2.05) is 0 Å². The summed E-state index contributed by atoms with van der Waals surface area (Å²) in [7, 11) is 5.20. The molecule has 2 N–H and O–H groups in total. The summed E-state index contributed by atoms with van der Waals surface area (Å²) in [5.74, 6) is 0.598. The van der Waals surface area contributed by atoms with Gasteiger partial charge in [0, 0.05) is 39.2 Å². The number of guanidine groups is 1. The number of rotatable bonds is 6. The van der Waals surface area contributed by atoms with E-state index in [1.54, 1.807) is 27.3 Å². The number of ether oxygens (including phenoxy) is 1. The molecule has 0 radical (unpaired) electrons. The number of amides is 1. The van der Waals surface area contributed by atoms with Crippen molar-refractivity contribution >= 4 is 35.8 Å². The summed E-state index contributed by atoms with van der Waals surface area (Å²) in [4.78, 5) is 17.6. The van der Waals surface area contributed by atoms with E-state index in [2.05, 4.69) is 43.0 Å². The lowest BCUT2D eigenvalue weighted by atomic mass is 9.56. The summed E-state index contributed by atoms with van der Waals surface area (Å²) >= 11 is 0. The van der Waals surface area contributed by atoms with Gasteiger partial charge in [0.05, 0.1) is 5.60 Å². The third-order valence-corrected chi connectivity index (χ3v) is 4.87. The van der Waals surface area contributed by atoms with Crippen LogP contribution in [0.2, 0.25) is 0 Å². The number of hydrogen-bond acceptors (Lipinski definition) is 3. The van der Waals surface area contributed by atoms with Gasteiger partial charge in [-0.1, -0.05) is 19.9 Å². The first-order valence-corrected chi connectivity index (χ1v) is 7.59. The van der Waals surface area contributed by atoms with E-state index < -0.39 is 0 Å². The van der Waals surface area contributed by atoms with Crippen molar-refractivity contribution in [3.05, 3.63) is 12.7 Å². The predicted octanol–water partition coefficient (Wildman–Crippen LogP) is 1.62. The first-order chi connectivity index (χ1) is 10.2. The lowest BCUT2D eigenvalue weighted by Crippen LogP contribution is -2.69. The standard InChI is InChI=1S/C16H30N4O2.HI/c1-8-9-17-14(18-11-13(21)20(5)6)19-12-10-16(4,22-7)15(12,2)3;/h8,12H,1,9-11H2,2-7H3,(H2,17,18,19);1H. The highest BCUT2D eigenvalue weighted by atomic mass is 127. The number of halogens is 1. The summed E-state index contributed by atoms with van der Waals surface area (Å²) in [6.07, 6.45) is 2.66. The van der Waals surface area contributed by atoms with Crippen molar-refractivity contribution in [2.75, 3.05) is 34.3 Å². The molecule has 134 valence electrons. The Balaban J connectivity index is 0.00000484. The number of hydrogen-bond donors (Lipinski definition) is 2. The molecule has 0 aromatic rings. The van der Waals surface area contributed by atoms with Crippen molar-refractivity contribution in [3.63, 3.8) is 0 Å². The lowest BCUT2D eigenvalue weighted by molar-refractivity contribution is -0.176. The lowest BCUT2D eigenvalue weighted by Gasteiger charge is -2.59. The van der Waals surface area contributed by atoms with E-state index in [4.69, 9.17) is 4.74 Å². The summed E-state index contributed by atoms with van der Waals surface area (Å²) in [5.41, 5.74) is -0.169. The van der Waals surface area contributed by atoms with Crippen LogP contribution in [-0.2, 0) is 9.53 Å². The van der Waals surface area contributed by atoms with E-state index in [0.29, 0.717) is 12.5 Å². The second kappa shape index (κ2) is 8.86. The molecule has 0 aromatic carbocycles. The smallest absolute Gasteiger partial charge is 0.243 e. The normalized spacial score (nSPS) is 25.7. The number of carbonyl (C=O) groups excluding carboxylic acids is 1. The van der Waals surface area contributed by atoms with Crippen LogP contribution in [0.4, 0.5) is 0 Å². The Labute approximate surface area is 157 Å². The first kappa shape index (κ1) is 22.2. The molecule has 0 aromatic heterocycles. The van der Waals surface area contributed by atoms with Gasteiger partial charge in [-0.25, -0.2) is 4.99 Å². The van der Waals surface area contributed by atoms with Crippen LogP contribution in [0.1, 0.15) is 27.2 Å². The van der Waals surface area contributed by atoms with Crippen molar-refractivity contribution in [1.82, 2.24) is 15.5 Å². The Morgan fingerprint density at radius 1 is 1.43 bits per heavy atom. The highest BCUT2D eigenvalue weighted by molar-refractivity contribution is 14.0. The first-order valence-electron chi connectivity index (χ1n) is 7.59. The van der Waals surface area contributed by atoms with Gasteiger partial charge in [-0.15, -0.1) is 30.6 Å². The minimum atomic E-state index is -0.145. The van der Waals surface area contributed by atoms with Crippen LogP contribution in [0.3, 0.4) is 0 Å². The third kappa shape index (κ3) is 5.07. The molecule has 2 unspecified atom stereocenters. The Hall–Kier alpha value is -0.830. The summed E-state index contributed by atoms with van der Waals surface area (Å²) in [6.45, 7) is 10.9. The molecule has 0 aliphatic heterocycles. The molecule has 1 amide bonds. The fourth-order valence-corrected chi connectivity index (χ4v) is 2.50. The molecule has 0 saturated heterocycles. The largest absolute Gasteiger partial charge is 0.378 e. The molecule has 6 nitrogen and oxygen atoms in total. The Bertz CT molecular complexity index is 451. The molecule has 0 bridgehead atoms. The van der Waals surface area contributed by atoms with E-state index in [1.165, 1.54) is 4.90 Å². The fraction of sp³-hybridized carbons (Fsp3) is 0.750. The summed E-state index contributed by atoms with van der Waals surface area (Å²) in [6, 6.07) is 0.239. The van der Waals surface area contributed by atoms with Crippen LogP contribution < -0.4 is 10.6 Å². The van der Waals surface area contributed by atoms with E-state index in [-0.39, 0.29) is 53.5 Å². The SMILES string of the molecule is C=CCNC(=NCC(=O)N(C)C)NC1CC(C)(OC)C1(C)C.I. The molecule has 0 heterocycles. The third-order valence-electron chi connectivity index (χ3n) is 4.87. The van der Waals surface area contributed by atoms with Gasteiger partial charge >= 0.3 is 0 Å². The summed E-state index contributed by atoms with van der Waals surface area (Å²) < 4.78 is 5.63. The number of aliphatic imine (C=N–C) groups is 1. The molecule has 23 heavy (non-hydrogen) atoms. The minimum absolute atomic E-state index is 0. The highest BCUT2D eigenvalue weighted by Gasteiger charge is 2.58. The zero-order valence-electron chi connectivity index (χ0n) is 15.1. The van der Waals surface area contributed by atoms with Gasteiger partial charge in [-0.3, -0.25) is 4.79 Å². The maximum Gasteiger partial charge on any atom is 0.243 e. The molecule has 2 atom stereocenters. The molecular formula is C16H31IN4O2. The van der Waals surface area contributed by atoms with Crippen molar-refractivity contribution in [3.8, 4) is 0 Å². The van der Waals surface area contributed by atoms with Crippen LogP contribution in [-0.4, -0.2) is 62.7 Å². The molecule has 1 rings (SSSR count). The monoisotopic (exact) mass is 438 g/mol. The topological polar surface area (TPSA) is 66.0 Å². The molecular weight excluding hydrogens is 407 g/mol. The Kier molecular flexibility index (Phi) is 8.54. The van der Waals surface area contributed by atoms with E-state index in [0.717, 1.165) is 6.42 Å². The number of likely N-dealkylation sites (N-methyl/N-ethyl adjacent to an activating group) is 1. The second-order valence-corrected chi connectivity index (χ2v) is 6.68. The molecule has 1 fully saturated rings. The molecule has 1 saturated carbocycles. The maximum absolute atomic E-state index is 11.7. The van der Waals surface area contributed by atoms with Gasteiger partial charge in [0.1, 0.15) is 6.54 Å². The highest BCUT2D eigenvalue weighted by Crippen LogP contribution is 2.51. The van der Waals surface area contributed by atoms with Crippen LogP contribution >= 0.6 is 24.0 Å². The van der Waals surface area contributed by atoms with Gasteiger partial charge < -0.3 is 20.3 Å². The Morgan fingerprint density at radius 2 is 2.04 bits per heavy atom. The molecule has 0 spiro atoms. The maximum atomic E-state index is 11.7.